The van der Waals surface area contributed by atoms with Crippen molar-refractivity contribution in [1.82, 2.24) is 30.2 Å². The standard InChI is InChI=1S/C28H35N9O7.C14H15N3OS2.C3H3F3O/c29-7-1-2-22-3-5-24(6-4-22)37-17-23(31-32-37)16-30-25(38)18-33-8-10-34(19-26(39)40)12-14-36(21-28(43)44)15-13-35(11-9-33)20-27(41)42;15-7-1-2-12-3-5-13(6-4-12)14(18)17-9-11-20-19-10-8-16;1-2(7)3(4,5)6/h3-6,17,23H,8-16,18-21H2,(H3-,30,38,39,40,41,42,43,44);3-6H,8-11,16H2,(H,17,18);1H3/p+2. The molecule has 2 aliphatic rings. The zero-order valence-electron chi connectivity index (χ0n) is 38.8. The first-order valence-corrected chi connectivity index (χ1v) is 24.1. The number of alkyl halides is 3. The van der Waals surface area contributed by atoms with Gasteiger partial charge in [-0.3, -0.25) is 48.4 Å². The van der Waals surface area contributed by atoms with E-state index in [-0.39, 0.29) is 44.5 Å². The third-order valence-corrected chi connectivity index (χ3v) is 12.0. The summed E-state index contributed by atoms with van der Waals surface area (Å²) in [6.07, 6.45) is -2.88. The average molecular weight is 1030 g/mol. The molecule has 21 nitrogen and oxygen atoms in total. The van der Waals surface area contributed by atoms with Crippen molar-refractivity contribution in [2.24, 2.45) is 10.3 Å². The van der Waals surface area contributed by atoms with Crippen LogP contribution in [0.3, 0.4) is 0 Å². The molecule has 1 atom stereocenters. The van der Waals surface area contributed by atoms with Gasteiger partial charge in [0.05, 0.1) is 45.0 Å². The minimum atomic E-state index is -4.64. The third-order valence-electron chi connectivity index (χ3n) is 9.48. The maximum absolute atomic E-state index is 12.9. The summed E-state index contributed by atoms with van der Waals surface area (Å²) in [6.45, 7) is 4.07. The quantitative estimate of drug-likeness (QED) is 0.0518. The normalized spacial score (nSPS) is 15.5. The maximum atomic E-state index is 12.9. The summed E-state index contributed by atoms with van der Waals surface area (Å²) >= 11 is 0. The van der Waals surface area contributed by atoms with Gasteiger partial charge in [-0.05, 0) is 48.5 Å². The molecule has 1 fully saturated rings. The van der Waals surface area contributed by atoms with Crippen molar-refractivity contribution >= 4 is 69.0 Å². The molecule has 0 aliphatic carbocycles. The highest BCUT2D eigenvalue weighted by Crippen LogP contribution is 2.19. The molecule has 0 radical (unpaired) electrons. The van der Waals surface area contributed by atoms with Crippen LogP contribution in [0.4, 0.5) is 18.9 Å². The van der Waals surface area contributed by atoms with Gasteiger partial charge in [-0.25, -0.2) is 0 Å². The van der Waals surface area contributed by atoms with E-state index >= 15 is 0 Å². The summed E-state index contributed by atoms with van der Waals surface area (Å²) in [4.78, 5) is 75.2. The van der Waals surface area contributed by atoms with Crippen LogP contribution in [-0.2, 0) is 24.0 Å². The van der Waals surface area contributed by atoms with Crippen LogP contribution in [0.2, 0.25) is 0 Å². The number of carbonyl (C=O) groups is 6. The lowest BCUT2D eigenvalue weighted by molar-refractivity contribution is -0.444. The van der Waals surface area contributed by atoms with E-state index < -0.39 is 35.9 Å². The molecule has 0 aromatic heterocycles. The van der Waals surface area contributed by atoms with Crippen LogP contribution in [0.1, 0.15) is 28.4 Å². The molecule has 1 unspecified atom stereocenters. The Morgan fingerprint density at radius 2 is 1.14 bits per heavy atom. The second-order valence-corrected chi connectivity index (χ2v) is 17.7. The lowest BCUT2D eigenvalue weighted by Gasteiger charge is -2.32. The fourth-order valence-corrected chi connectivity index (χ4v) is 7.78. The van der Waals surface area contributed by atoms with Gasteiger partial charge in [-0.15, -0.1) is 4.68 Å². The Bertz CT molecular complexity index is 2340. The topological polar surface area (TPSA) is 303 Å². The summed E-state index contributed by atoms with van der Waals surface area (Å²) in [5, 5.41) is 59.0. The molecule has 0 saturated carbocycles. The number of hydrogen-bond donors (Lipinski definition) is 6. The second kappa shape index (κ2) is 33.6. The van der Waals surface area contributed by atoms with E-state index in [0.29, 0.717) is 77.0 Å². The highest BCUT2D eigenvalue weighted by atomic mass is 33.1. The number of benzene rings is 2. The minimum absolute atomic E-state index is 0.00569. The molecule has 2 amide bonds. The van der Waals surface area contributed by atoms with Gasteiger partial charge in [-0.1, -0.05) is 33.4 Å². The molecule has 8 N–H and O–H groups in total. The predicted octanol–water partition coefficient (Wildman–Crippen LogP) is 0.670. The Hall–Kier alpha value is -6.88. The Balaban J connectivity index is 0.000000526. The zero-order chi connectivity index (χ0) is 52.6. The minimum Gasteiger partial charge on any atom is -0.480 e. The number of hydrogen-bond acceptors (Lipinski definition) is 16. The van der Waals surface area contributed by atoms with Gasteiger partial charge in [0, 0.05) is 105 Å². The number of nitrogens with zero attached hydrogens (tertiary/aromatic N) is 9. The molecule has 71 heavy (non-hydrogen) atoms. The van der Waals surface area contributed by atoms with E-state index in [2.05, 4.69) is 50.4 Å². The molecular weight excluding hydrogens is 974 g/mol. The van der Waals surface area contributed by atoms with Crippen molar-refractivity contribution in [1.29, 1.82) is 10.5 Å². The molecule has 26 heteroatoms. The summed E-state index contributed by atoms with van der Waals surface area (Å²) in [5.41, 5.74) is 6.52. The van der Waals surface area contributed by atoms with Gasteiger partial charge >= 0.3 is 24.1 Å². The molecule has 380 valence electrons. The number of Topliss-reactive ketones (excluding diaryl/α,β-unsaturated/α-hetero) is 1. The molecule has 0 spiro atoms. The van der Waals surface area contributed by atoms with E-state index in [1.165, 1.54) is 0 Å². The number of amides is 2. The van der Waals surface area contributed by atoms with Gasteiger partial charge in [0.1, 0.15) is 5.22 Å². The van der Waals surface area contributed by atoms with Gasteiger partial charge in [0.15, 0.2) is 24.0 Å². The summed E-state index contributed by atoms with van der Waals surface area (Å²) in [6, 6.07) is 17.1. The first-order valence-electron chi connectivity index (χ1n) is 21.6. The van der Waals surface area contributed by atoms with Crippen LogP contribution in [-0.4, -0.2) is 203 Å². The highest BCUT2D eigenvalue weighted by molar-refractivity contribution is 8.76. The van der Waals surface area contributed by atoms with Gasteiger partial charge in [0.25, 0.3) is 5.91 Å². The van der Waals surface area contributed by atoms with E-state index in [4.69, 9.17) is 10.5 Å². The summed E-state index contributed by atoms with van der Waals surface area (Å²) in [5.74, 6) is 6.78. The molecule has 2 heterocycles. The monoisotopic (exact) mass is 1030 g/mol. The number of carbonyl (C=O) groups excluding carboxylic acids is 3. The number of nitriles is 2. The van der Waals surface area contributed by atoms with Crippen molar-refractivity contribution in [2.75, 3.05) is 110 Å². The van der Waals surface area contributed by atoms with E-state index in [9.17, 15) is 57.3 Å². The first kappa shape index (κ1) is 60.2. The SMILES string of the molecule is CC(=O)C(F)(F)F.N#CC#Cc1ccc(C(=O)NCCSSCC[NH3+])cc1.N#CC#Cc1ccc([N+]2=CC(CNC(=O)CN3CCN(CC(=O)O)CCN(CC(=O)O)CCN(CC(=O)O)CC3)N=N2)cc1. The number of ketones is 1. The molecule has 2 aromatic rings. The Morgan fingerprint density at radius 1 is 0.718 bits per heavy atom. The number of halogens is 3. The van der Waals surface area contributed by atoms with Crippen molar-refractivity contribution in [3.8, 4) is 35.8 Å². The molecule has 4 rings (SSSR count). The first-order chi connectivity index (χ1) is 33.8. The summed E-state index contributed by atoms with van der Waals surface area (Å²) < 4.78 is 34.1. The number of carboxylic acids is 3. The largest absolute Gasteiger partial charge is 0.480 e. The molecule has 2 aromatic carbocycles. The number of carboxylic acid groups (broad SMARTS) is 3. The molecule has 0 bridgehead atoms. The smallest absolute Gasteiger partial charge is 0.449 e. The van der Waals surface area contributed by atoms with Crippen LogP contribution in [0, 0.1) is 46.3 Å². The van der Waals surface area contributed by atoms with Crippen LogP contribution in [0.15, 0.2) is 58.9 Å². The van der Waals surface area contributed by atoms with Gasteiger partial charge in [0.2, 0.25) is 17.7 Å². The highest BCUT2D eigenvalue weighted by Gasteiger charge is 2.33. The number of rotatable bonds is 18. The van der Waals surface area contributed by atoms with Crippen LogP contribution in [0.5, 0.6) is 0 Å². The molecule has 1 saturated heterocycles. The maximum Gasteiger partial charge on any atom is 0.449 e. The van der Waals surface area contributed by atoms with E-state index in [1.807, 2.05) is 4.90 Å². The number of aliphatic carboxylic acids is 3. The predicted molar refractivity (Wildman–Crippen MR) is 256 cm³/mol. The lowest BCUT2D eigenvalue weighted by atomic mass is 10.1. The fraction of sp³-hybridized carbons (Fsp3) is 0.444. The van der Waals surface area contributed by atoms with Crippen LogP contribution < -0.4 is 16.4 Å². The van der Waals surface area contributed by atoms with Crippen molar-refractivity contribution < 1.29 is 67.7 Å². The third kappa shape index (κ3) is 27.2. The van der Waals surface area contributed by atoms with Crippen LogP contribution in [0.25, 0.3) is 0 Å². The zero-order valence-corrected chi connectivity index (χ0v) is 40.4. The average Bonchev–Trinajstić information content (AvgIpc) is 3.80. The van der Waals surface area contributed by atoms with Crippen molar-refractivity contribution in [2.45, 2.75) is 19.1 Å². The van der Waals surface area contributed by atoms with Gasteiger partial charge < -0.3 is 31.7 Å². The van der Waals surface area contributed by atoms with Crippen molar-refractivity contribution in [3.05, 3.63) is 65.2 Å². The van der Waals surface area contributed by atoms with E-state index in [0.717, 1.165) is 29.3 Å². The number of nitrogens with one attached hydrogen (secondary N) is 2. The van der Waals surface area contributed by atoms with Crippen molar-refractivity contribution in [3.63, 3.8) is 0 Å². The second-order valence-electron chi connectivity index (χ2n) is 15.0. The fourth-order valence-electron chi connectivity index (χ4n) is 5.93. The molecular formula is C45H55F3N12O9S2+2. The van der Waals surface area contributed by atoms with Gasteiger partial charge in [-0.2, -0.15) is 23.7 Å². The van der Waals surface area contributed by atoms with E-state index in [1.54, 1.807) is 108 Å². The number of quaternary nitrogens is 1. The Kier molecular flexibility index (Phi) is 28.5. The molecule has 2 aliphatic heterocycles. The van der Waals surface area contributed by atoms with Crippen LogP contribution >= 0.6 is 21.6 Å². The Labute approximate surface area is 416 Å². The Morgan fingerprint density at radius 3 is 1.55 bits per heavy atom. The lowest BCUT2D eigenvalue weighted by Crippen LogP contribution is -2.51. The summed E-state index contributed by atoms with van der Waals surface area (Å²) in [7, 11) is 3.51.